The summed E-state index contributed by atoms with van der Waals surface area (Å²) >= 11 is 0. The highest BCUT2D eigenvalue weighted by Gasteiger charge is 2.38. The van der Waals surface area contributed by atoms with Crippen molar-refractivity contribution in [2.75, 3.05) is 13.2 Å². The van der Waals surface area contributed by atoms with Crippen molar-refractivity contribution in [1.82, 2.24) is 0 Å². The molecule has 21 heavy (non-hydrogen) atoms. The molecule has 0 heterocycles. The second-order valence-electron chi connectivity index (χ2n) is 6.67. The number of hydrogen-bond acceptors (Lipinski definition) is 3. The first-order valence-corrected chi connectivity index (χ1v) is 8.72. The van der Waals surface area contributed by atoms with E-state index in [4.69, 9.17) is 14.2 Å². The lowest BCUT2D eigenvalue weighted by atomic mass is 9.96. The zero-order valence-corrected chi connectivity index (χ0v) is 15.6. The molecule has 0 bridgehead atoms. The number of hydrogen-bond donors (Lipinski definition) is 0. The molecular formula is C18H38O3. The molecule has 0 aromatic carbocycles. The Balaban J connectivity index is 5.02. The summed E-state index contributed by atoms with van der Waals surface area (Å²) in [4.78, 5) is 0. The van der Waals surface area contributed by atoms with Gasteiger partial charge in [-0.3, -0.25) is 0 Å². The molecule has 0 radical (unpaired) electrons. The third-order valence-corrected chi connectivity index (χ3v) is 4.16. The first kappa shape index (κ1) is 20.9. The van der Waals surface area contributed by atoms with Gasteiger partial charge in [0.25, 0.3) is 0 Å². The minimum atomic E-state index is -0.582. The van der Waals surface area contributed by atoms with Crippen molar-refractivity contribution in [3.63, 3.8) is 0 Å². The van der Waals surface area contributed by atoms with Crippen LogP contribution in [-0.2, 0) is 14.2 Å². The third kappa shape index (κ3) is 8.18. The van der Waals surface area contributed by atoms with Gasteiger partial charge in [-0.2, -0.15) is 0 Å². The maximum Gasteiger partial charge on any atom is 0.169 e. The lowest BCUT2D eigenvalue weighted by Crippen LogP contribution is -2.46. The fourth-order valence-electron chi connectivity index (χ4n) is 2.88. The molecule has 3 nitrogen and oxygen atoms in total. The van der Waals surface area contributed by atoms with E-state index in [1.807, 2.05) is 13.8 Å². The molecule has 0 saturated heterocycles. The van der Waals surface area contributed by atoms with Crippen LogP contribution in [0, 0.1) is 11.8 Å². The van der Waals surface area contributed by atoms with Crippen LogP contribution in [-0.4, -0.2) is 24.8 Å². The van der Waals surface area contributed by atoms with E-state index in [1.54, 1.807) is 0 Å². The predicted octanol–water partition coefficient (Wildman–Crippen LogP) is 5.38. The second-order valence-corrected chi connectivity index (χ2v) is 6.67. The Morgan fingerprint density at radius 3 is 1.29 bits per heavy atom. The van der Waals surface area contributed by atoms with Crippen molar-refractivity contribution in [1.29, 1.82) is 0 Å². The van der Waals surface area contributed by atoms with Crippen LogP contribution in [0.5, 0.6) is 0 Å². The largest absolute Gasteiger partial charge is 0.350 e. The molecule has 0 saturated carbocycles. The predicted molar refractivity (Wildman–Crippen MR) is 89.3 cm³/mol. The van der Waals surface area contributed by atoms with Crippen LogP contribution in [0.15, 0.2) is 0 Å². The lowest BCUT2D eigenvalue weighted by molar-refractivity contribution is -0.354. The molecular weight excluding hydrogens is 264 g/mol. The topological polar surface area (TPSA) is 27.7 Å². The Morgan fingerprint density at radius 2 is 1.05 bits per heavy atom. The van der Waals surface area contributed by atoms with Gasteiger partial charge in [-0.1, -0.05) is 40.5 Å². The van der Waals surface area contributed by atoms with Crippen molar-refractivity contribution < 1.29 is 14.2 Å². The molecule has 0 aliphatic heterocycles. The summed E-state index contributed by atoms with van der Waals surface area (Å²) in [5.74, 6) is -0.0320. The molecule has 0 N–H and O–H groups in total. The summed E-state index contributed by atoms with van der Waals surface area (Å²) in [6.45, 7) is 18.3. The molecule has 0 aliphatic carbocycles. The van der Waals surface area contributed by atoms with Gasteiger partial charge in [-0.25, -0.2) is 0 Å². The highest BCUT2D eigenvalue weighted by Crippen LogP contribution is 2.34. The summed E-state index contributed by atoms with van der Waals surface area (Å²) < 4.78 is 18.3. The SMILES string of the molecule is CCOC(C)(CC(C)CC)OC(C)(CC(C)CC)OCC. The molecule has 0 spiro atoms. The van der Waals surface area contributed by atoms with Gasteiger partial charge in [-0.05, 0) is 39.5 Å². The molecule has 0 fully saturated rings. The summed E-state index contributed by atoms with van der Waals surface area (Å²) in [6, 6.07) is 0. The van der Waals surface area contributed by atoms with Crippen LogP contribution in [0.3, 0.4) is 0 Å². The smallest absolute Gasteiger partial charge is 0.169 e. The Bertz CT molecular complexity index is 243. The van der Waals surface area contributed by atoms with Crippen LogP contribution in [0.4, 0.5) is 0 Å². The van der Waals surface area contributed by atoms with Crippen molar-refractivity contribution in [3.8, 4) is 0 Å². The quantitative estimate of drug-likeness (QED) is 0.453. The summed E-state index contributed by atoms with van der Waals surface area (Å²) in [5.41, 5.74) is 0. The maximum absolute atomic E-state index is 6.41. The van der Waals surface area contributed by atoms with E-state index in [9.17, 15) is 0 Å². The van der Waals surface area contributed by atoms with E-state index in [-0.39, 0.29) is 0 Å². The van der Waals surface area contributed by atoms with Crippen LogP contribution in [0.2, 0.25) is 0 Å². The molecule has 0 aromatic rings. The van der Waals surface area contributed by atoms with Crippen molar-refractivity contribution in [2.45, 2.75) is 92.6 Å². The Hall–Kier alpha value is -0.120. The van der Waals surface area contributed by atoms with Gasteiger partial charge < -0.3 is 14.2 Å². The standard InChI is InChI=1S/C18H38O3/c1-9-15(5)13-17(7,19-11-3)21-18(8,20-12-4)14-16(6)10-2/h15-16H,9-14H2,1-8H3. The van der Waals surface area contributed by atoms with E-state index in [0.29, 0.717) is 25.0 Å². The normalized spacial score (nSPS) is 20.6. The average molecular weight is 302 g/mol. The maximum atomic E-state index is 6.41. The van der Waals surface area contributed by atoms with E-state index in [2.05, 4.69) is 41.5 Å². The van der Waals surface area contributed by atoms with Gasteiger partial charge in [0.05, 0.1) is 0 Å². The summed E-state index contributed by atoms with van der Waals surface area (Å²) in [5, 5.41) is 0. The van der Waals surface area contributed by atoms with E-state index >= 15 is 0 Å². The second kappa shape index (κ2) is 9.81. The summed E-state index contributed by atoms with van der Waals surface area (Å²) in [7, 11) is 0. The zero-order valence-electron chi connectivity index (χ0n) is 15.6. The highest BCUT2D eigenvalue weighted by atomic mass is 16.8. The van der Waals surface area contributed by atoms with Gasteiger partial charge in [0, 0.05) is 26.1 Å². The van der Waals surface area contributed by atoms with Crippen LogP contribution in [0.1, 0.15) is 81.1 Å². The molecule has 0 aromatic heterocycles. The van der Waals surface area contributed by atoms with Gasteiger partial charge >= 0.3 is 0 Å². The molecule has 128 valence electrons. The van der Waals surface area contributed by atoms with Gasteiger partial charge in [-0.15, -0.1) is 0 Å². The minimum Gasteiger partial charge on any atom is -0.350 e. The lowest BCUT2D eigenvalue weighted by Gasteiger charge is -2.41. The molecule has 0 rings (SSSR count). The van der Waals surface area contributed by atoms with E-state index < -0.39 is 11.6 Å². The van der Waals surface area contributed by atoms with Crippen molar-refractivity contribution in [3.05, 3.63) is 0 Å². The van der Waals surface area contributed by atoms with Crippen molar-refractivity contribution >= 4 is 0 Å². The monoisotopic (exact) mass is 302 g/mol. The Kier molecular flexibility index (Phi) is 9.75. The number of ether oxygens (including phenoxy) is 3. The van der Waals surface area contributed by atoms with Crippen LogP contribution < -0.4 is 0 Å². The van der Waals surface area contributed by atoms with Gasteiger partial charge in [0.15, 0.2) is 11.6 Å². The van der Waals surface area contributed by atoms with E-state index in [1.165, 1.54) is 0 Å². The van der Waals surface area contributed by atoms with Crippen molar-refractivity contribution in [2.24, 2.45) is 11.8 Å². The first-order chi connectivity index (χ1) is 9.74. The summed E-state index contributed by atoms with van der Waals surface area (Å²) in [6.07, 6.45) is 4.03. The average Bonchev–Trinajstić information content (AvgIpc) is 2.37. The highest BCUT2D eigenvalue weighted by molar-refractivity contribution is 4.75. The van der Waals surface area contributed by atoms with Crippen LogP contribution in [0.25, 0.3) is 0 Å². The Labute approximate surface area is 132 Å². The van der Waals surface area contributed by atoms with Gasteiger partial charge in [0.2, 0.25) is 0 Å². The fourth-order valence-corrected chi connectivity index (χ4v) is 2.88. The fraction of sp³-hybridized carbons (Fsp3) is 1.00. The first-order valence-electron chi connectivity index (χ1n) is 8.72. The molecule has 4 unspecified atom stereocenters. The molecule has 0 aliphatic rings. The molecule has 0 amide bonds. The third-order valence-electron chi connectivity index (χ3n) is 4.16. The van der Waals surface area contributed by atoms with Gasteiger partial charge in [0.1, 0.15) is 0 Å². The number of rotatable bonds is 12. The molecule has 3 heteroatoms. The minimum absolute atomic E-state index is 0.566. The zero-order chi connectivity index (χ0) is 16.5. The van der Waals surface area contributed by atoms with E-state index in [0.717, 1.165) is 25.7 Å². The molecule has 4 atom stereocenters. The Morgan fingerprint density at radius 1 is 0.714 bits per heavy atom. The van der Waals surface area contributed by atoms with Crippen LogP contribution >= 0.6 is 0 Å².